The van der Waals surface area contributed by atoms with Crippen LogP contribution in [0, 0.1) is 0 Å². The number of rotatable bonds is 7. The second kappa shape index (κ2) is 8.99. The molecule has 0 unspecified atom stereocenters. The van der Waals surface area contributed by atoms with E-state index in [9.17, 15) is 13.2 Å². The third-order valence-corrected chi connectivity index (χ3v) is 6.82. The predicted octanol–water partition coefficient (Wildman–Crippen LogP) is 4.31. The Morgan fingerprint density at radius 1 is 1.15 bits per heavy atom. The van der Waals surface area contributed by atoms with Gasteiger partial charge in [-0.1, -0.05) is 53.5 Å². The van der Waals surface area contributed by atoms with Crippen molar-refractivity contribution >= 4 is 49.1 Å². The number of sulfonamides is 1. The number of carbonyl (C=O) groups is 1. The van der Waals surface area contributed by atoms with E-state index in [0.29, 0.717) is 18.8 Å². The van der Waals surface area contributed by atoms with Gasteiger partial charge in [-0.2, -0.15) is 4.31 Å². The van der Waals surface area contributed by atoms with E-state index in [1.807, 2.05) is 24.3 Å². The van der Waals surface area contributed by atoms with Gasteiger partial charge in [0, 0.05) is 23.2 Å². The fourth-order valence-corrected chi connectivity index (χ4v) is 4.92. The van der Waals surface area contributed by atoms with Crippen molar-refractivity contribution in [3.05, 3.63) is 57.5 Å². The molecule has 5 nitrogen and oxygen atoms in total. The van der Waals surface area contributed by atoms with Crippen LogP contribution in [-0.4, -0.2) is 31.7 Å². The molecule has 2 aromatic rings. The molecule has 0 atom stereocenters. The molecule has 0 heterocycles. The summed E-state index contributed by atoms with van der Waals surface area (Å²) in [5, 5.41) is 2.86. The molecule has 1 amide bonds. The number of amides is 1. The maximum absolute atomic E-state index is 12.7. The van der Waals surface area contributed by atoms with Crippen LogP contribution in [0.1, 0.15) is 19.4 Å². The van der Waals surface area contributed by atoms with Crippen LogP contribution in [0.5, 0.6) is 0 Å². The van der Waals surface area contributed by atoms with Gasteiger partial charge < -0.3 is 5.32 Å². The van der Waals surface area contributed by atoms with Gasteiger partial charge in [0.1, 0.15) is 4.90 Å². The summed E-state index contributed by atoms with van der Waals surface area (Å²) in [7, 11) is -3.71. The maximum Gasteiger partial charge on any atom is 0.244 e. The molecule has 0 aliphatic rings. The lowest BCUT2D eigenvalue weighted by Gasteiger charge is -2.19. The maximum atomic E-state index is 12.7. The number of hydrogen-bond acceptors (Lipinski definition) is 3. The van der Waals surface area contributed by atoms with Crippen LogP contribution in [0.2, 0.25) is 5.02 Å². The number of hydrogen-bond donors (Lipinski definition) is 1. The fraction of sp³-hybridized carbons (Fsp3) is 0.278. The van der Waals surface area contributed by atoms with Crippen molar-refractivity contribution in [3.8, 4) is 0 Å². The molecule has 2 rings (SSSR count). The van der Waals surface area contributed by atoms with Crippen LogP contribution < -0.4 is 5.32 Å². The number of anilines is 1. The molecule has 0 radical (unpaired) electrons. The Morgan fingerprint density at radius 3 is 2.46 bits per heavy atom. The highest BCUT2D eigenvalue weighted by Gasteiger charge is 2.24. The van der Waals surface area contributed by atoms with Crippen molar-refractivity contribution in [1.82, 2.24) is 4.31 Å². The largest absolute Gasteiger partial charge is 0.326 e. The Kier molecular flexibility index (Phi) is 7.23. The SMILES string of the molecule is CCN(CC)S(=O)(=O)c1cc(NC(=O)Cc2cccc(Br)c2)ccc1Cl. The lowest BCUT2D eigenvalue weighted by atomic mass is 10.1. The lowest BCUT2D eigenvalue weighted by Crippen LogP contribution is -2.30. The van der Waals surface area contributed by atoms with Gasteiger partial charge in [0.05, 0.1) is 11.4 Å². The Balaban J connectivity index is 2.22. The third kappa shape index (κ3) is 5.07. The Labute approximate surface area is 167 Å². The van der Waals surface area contributed by atoms with Crippen molar-refractivity contribution in [2.75, 3.05) is 18.4 Å². The number of benzene rings is 2. The molecular formula is C18H20BrClN2O3S. The van der Waals surface area contributed by atoms with Gasteiger partial charge in [-0.15, -0.1) is 0 Å². The highest BCUT2D eigenvalue weighted by Crippen LogP contribution is 2.28. The molecule has 0 aromatic heterocycles. The summed E-state index contributed by atoms with van der Waals surface area (Å²) in [6.07, 6.45) is 0.181. The molecule has 0 saturated carbocycles. The number of carbonyl (C=O) groups excluding carboxylic acids is 1. The Hall–Kier alpha value is -1.41. The first-order chi connectivity index (χ1) is 12.3. The zero-order valence-electron chi connectivity index (χ0n) is 14.5. The summed E-state index contributed by atoms with van der Waals surface area (Å²) < 4.78 is 27.6. The van der Waals surface area contributed by atoms with Gasteiger partial charge in [-0.3, -0.25) is 4.79 Å². The smallest absolute Gasteiger partial charge is 0.244 e. The van der Waals surface area contributed by atoms with Crippen LogP contribution in [0.25, 0.3) is 0 Å². The molecule has 8 heteroatoms. The number of nitrogens with one attached hydrogen (secondary N) is 1. The van der Waals surface area contributed by atoms with E-state index >= 15 is 0 Å². The molecule has 26 heavy (non-hydrogen) atoms. The summed E-state index contributed by atoms with van der Waals surface area (Å²) in [6, 6.07) is 11.9. The quantitative estimate of drug-likeness (QED) is 0.671. The van der Waals surface area contributed by atoms with Gasteiger partial charge in [0.25, 0.3) is 0 Å². The third-order valence-electron chi connectivity index (χ3n) is 3.79. The van der Waals surface area contributed by atoms with Gasteiger partial charge in [0.2, 0.25) is 15.9 Å². The second-order valence-corrected chi connectivity index (χ2v) is 8.82. The van der Waals surface area contributed by atoms with E-state index in [2.05, 4.69) is 21.2 Å². The second-order valence-electron chi connectivity index (χ2n) is 5.59. The van der Waals surface area contributed by atoms with Crippen LogP contribution in [0.4, 0.5) is 5.69 Å². The van der Waals surface area contributed by atoms with Gasteiger partial charge >= 0.3 is 0 Å². The van der Waals surface area contributed by atoms with E-state index < -0.39 is 10.0 Å². The molecule has 0 aliphatic carbocycles. The zero-order chi connectivity index (χ0) is 19.3. The first-order valence-corrected chi connectivity index (χ1v) is 10.7. The fourth-order valence-electron chi connectivity index (χ4n) is 2.52. The summed E-state index contributed by atoms with van der Waals surface area (Å²) >= 11 is 9.47. The summed E-state index contributed by atoms with van der Waals surface area (Å²) in [5.74, 6) is -0.239. The van der Waals surface area contributed by atoms with E-state index in [1.54, 1.807) is 19.9 Å². The summed E-state index contributed by atoms with van der Waals surface area (Å²) in [5.41, 5.74) is 1.24. The molecule has 0 spiro atoms. The first-order valence-electron chi connectivity index (χ1n) is 8.12. The highest BCUT2D eigenvalue weighted by atomic mass is 79.9. The van der Waals surface area contributed by atoms with Crippen molar-refractivity contribution in [1.29, 1.82) is 0 Å². The number of nitrogens with zero attached hydrogens (tertiary/aromatic N) is 1. The standard InChI is InChI=1S/C18H20BrClN2O3S/c1-3-22(4-2)26(24,25)17-12-15(8-9-16(17)20)21-18(23)11-13-6-5-7-14(19)10-13/h5-10,12H,3-4,11H2,1-2H3,(H,21,23). The van der Waals surface area contributed by atoms with Crippen LogP contribution >= 0.6 is 27.5 Å². The minimum atomic E-state index is -3.71. The lowest BCUT2D eigenvalue weighted by molar-refractivity contribution is -0.115. The first kappa shape index (κ1) is 20.9. The van der Waals surface area contributed by atoms with E-state index in [0.717, 1.165) is 10.0 Å². The molecule has 0 saturated heterocycles. The minimum Gasteiger partial charge on any atom is -0.326 e. The average molecular weight is 460 g/mol. The molecule has 0 fully saturated rings. The van der Waals surface area contributed by atoms with Gasteiger partial charge in [-0.25, -0.2) is 8.42 Å². The summed E-state index contributed by atoms with van der Waals surface area (Å²) in [4.78, 5) is 12.3. The van der Waals surface area contributed by atoms with Crippen molar-refractivity contribution in [2.24, 2.45) is 0 Å². The average Bonchev–Trinajstić information content (AvgIpc) is 2.57. The molecule has 0 bridgehead atoms. The van der Waals surface area contributed by atoms with E-state index in [1.165, 1.54) is 16.4 Å². The summed E-state index contributed by atoms with van der Waals surface area (Å²) in [6.45, 7) is 4.21. The Bertz CT molecular complexity index is 899. The van der Waals surface area contributed by atoms with Crippen molar-refractivity contribution in [2.45, 2.75) is 25.2 Å². The Morgan fingerprint density at radius 2 is 1.85 bits per heavy atom. The molecule has 140 valence electrons. The normalized spacial score (nSPS) is 11.6. The minimum absolute atomic E-state index is 0.0110. The molecular weight excluding hydrogens is 440 g/mol. The zero-order valence-corrected chi connectivity index (χ0v) is 17.7. The predicted molar refractivity (Wildman–Crippen MR) is 108 cm³/mol. The van der Waals surface area contributed by atoms with Crippen LogP contribution in [-0.2, 0) is 21.2 Å². The van der Waals surface area contributed by atoms with Crippen LogP contribution in [0.3, 0.4) is 0 Å². The molecule has 2 aromatic carbocycles. The molecule has 1 N–H and O–H groups in total. The monoisotopic (exact) mass is 458 g/mol. The van der Waals surface area contributed by atoms with Crippen LogP contribution in [0.15, 0.2) is 51.8 Å². The van der Waals surface area contributed by atoms with Gasteiger partial charge in [0.15, 0.2) is 0 Å². The molecule has 0 aliphatic heterocycles. The van der Waals surface area contributed by atoms with Crippen molar-refractivity contribution < 1.29 is 13.2 Å². The van der Waals surface area contributed by atoms with Gasteiger partial charge in [-0.05, 0) is 35.9 Å². The topological polar surface area (TPSA) is 66.5 Å². The number of halogens is 2. The van der Waals surface area contributed by atoms with E-state index in [4.69, 9.17) is 11.6 Å². The van der Waals surface area contributed by atoms with E-state index in [-0.39, 0.29) is 22.2 Å². The van der Waals surface area contributed by atoms with Crippen molar-refractivity contribution in [3.63, 3.8) is 0 Å². The highest BCUT2D eigenvalue weighted by molar-refractivity contribution is 9.10.